The monoisotopic (exact) mass is 676 g/mol. The minimum Gasteiger partial charge on any atom is -0.507 e. The Morgan fingerprint density at radius 3 is 1.50 bits per heavy atom. The summed E-state index contributed by atoms with van der Waals surface area (Å²) in [5, 5.41) is 98.0. The summed E-state index contributed by atoms with van der Waals surface area (Å²) < 4.78 is 0. The Labute approximate surface area is 276 Å². The molecule has 264 valence electrons. The number of aromatic hydroxyl groups is 1. The SMILES string of the molecule is O=C1C=C(N(CCC(O)CO)CCC(O)CO)C=CC1=C1C(=O)C(=O)C(c2ccc(N(CCC(O)CO)CCC(O)CO)cc2O)=C1O. The number of aliphatic hydroxyl groups is 9. The minimum absolute atomic E-state index is 0.119. The lowest BCUT2D eigenvalue weighted by molar-refractivity contribution is -0.130. The maximum Gasteiger partial charge on any atom is 0.238 e. The number of carbonyl (C=O) groups excluding carboxylic acids is 3. The first-order chi connectivity index (χ1) is 22.9. The zero-order valence-electron chi connectivity index (χ0n) is 26.4. The molecule has 2 aliphatic rings. The van der Waals surface area contributed by atoms with Crippen molar-refractivity contribution in [3.8, 4) is 5.75 Å². The molecule has 0 bridgehead atoms. The van der Waals surface area contributed by atoms with E-state index in [1.807, 2.05) is 0 Å². The van der Waals surface area contributed by atoms with Crippen LogP contribution in [-0.2, 0) is 14.4 Å². The topological polar surface area (TPSA) is 260 Å². The van der Waals surface area contributed by atoms with Crippen molar-refractivity contribution in [2.45, 2.75) is 50.1 Å². The largest absolute Gasteiger partial charge is 0.507 e. The van der Waals surface area contributed by atoms with Gasteiger partial charge in [0.05, 0.1) is 62.0 Å². The number of phenolic OH excluding ortho intramolecular Hbond substituents is 1. The molecule has 1 aromatic carbocycles. The molecule has 0 aromatic heterocycles. The third-order valence-corrected chi connectivity index (χ3v) is 8.12. The summed E-state index contributed by atoms with van der Waals surface area (Å²) in [7, 11) is 0. The van der Waals surface area contributed by atoms with Gasteiger partial charge >= 0.3 is 0 Å². The number of anilines is 1. The van der Waals surface area contributed by atoms with E-state index in [-0.39, 0.29) is 63.0 Å². The van der Waals surface area contributed by atoms with Crippen LogP contribution in [0.25, 0.3) is 5.57 Å². The van der Waals surface area contributed by atoms with Gasteiger partial charge in [-0.05, 0) is 50.0 Å². The van der Waals surface area contributed by atoms with Crippen LogP contribution < -0.4 is 4.90 Å². The van der Waals surface area contributed by atoms with Crippen LogP contribution in [0.15, 0.2) is 59.0 Å². The van der Waals surface area contributed by atoms with Crippen LogP contribution in [0.2, 0.25) is 0 Å². The number of allylic oxidation sites excluding steroid dienone is 6. The lowest BCUT2D eigenvalue weighted by atomic mass is 9.96. The molecule has 0 saturated heterocycles. The summed E-state index contributed by atoms with van der Waals surface area (Å²) in [4.78, 5) is 42.8. The highest BCUT2D eigenvalue weighted by Crippen LogP contribution is 2.39. The molecule has 4 atom stereocenters. The second-order valence-corrected chi connectivity index (χ2v) is 11.6. The highest BCUT2D eigenvalue weighted by atomic mass is 16.3. The normalized spacial score (nSPS) is 19.1. The molecule has 0 saturated carbocycles. The molecule has 0 fully saturated rings. The van der Waals surface area contributed by atoms with E-state index < -0.39 is 90.8 Å². The Balaban J connectivity index is 1.94. The zero-order valence-corrected chi connectivity index (χ0v) is 26.4. The predicted octanol–water partition coefficient (Wildman–Crippen LogP) is -1.79. The van der Waals surface area contributed by atoms with Gasteiger partial charge in [0, 0.05) is 60.8 Å². The van der Waals surface area contributed by atoms with E-state index in [9.17, 15) is 65.4 Å². The van der Waals surface area contributed by atoms with E-state index in [0.717, 1.165) is 6.08 Å². The first kappa shape index (κ1) is 38.5. The van der Waals surface area contributed by atoms with Gasteiger partial charge in [0.1, 0.15) is 11.5 Å². The van der Waals surface area contributed by atoms with Crippen LogP contribution in [0, 0.1) is 0 Å². The third-order valence-electron chi connectivity index (χ3n) is 8.12. The zero-order chi connectivity index (χ0) is 35.5. The van der Waals surface area contributed by atoms with Crippen molar-refractivity contribution < 1.29 is 65.4 Å². The Kier molecular flexibility index (Phi) is 14.4. The first-order valence-corrected chi connectivity index (χ1v) is 15.6. The fourth-order valence-electron chi connectivity index (χ4n) is 5.23. The van der Waals surface area contributed by atoms with Crippen molar-refractivity contribution in [2.24, 2.45) is 0 Å². The van der Waals surface area contributed by atoms with Crippen molar-refractivity contribution >= 4 is 28.6 Å². The number of benzene rings is 1. The molecule has 48 heavy (non-hydrogen) atoms. The van der Waals surface area contributed by atoms with Crippen LogP contribution in [0.4, 0.5) is 5.69 Å². The number of hydrogen-bond donors (Lipinski definition) is 10. The fraction of sp³-hybridized carbons (Fsp3) is 0.485. The van der Waals surface area contributed by atoms with Crippen molar-refractivity contribution in [3.05, 3.63) is 64.6 Å². The molecule has 0 amide bonds. The summed E-state index contributed by atoms with van der Waals surface area (Å²) in [5.41, 5.74) is -0.815. The summed E-state index contributed by atoms with van der Waals surface area (Å²) in [6, 6.07) is 4.03. The lowest BCUT2D eigenvalue weighted by Crippen LogP contribution is -2.32. The van der Waals surface area contributed by atoms with Gasteiger partial charge in [-0.15, -0.1) is 0 Å². The van der Waals surface area contributed by atoms with E-state index in [1.54, 1.807) is 9.80 Å². The molecule has 15 heteroatoms. The molecule has 3 rings (SSSR count). The number of ketones is 3. The van der Waals surface area contributed by atoms with Gasteiger partial charge in [-0.1, -0.05) is 0 Å². The molecular weight excluding hydrogens is 632 g/mol. The average Bonchev–Trinajstić information content (AvgIpc) is 3.30. The van der Waals surface area contributed by atoms with E-state index in [0.29, 0.717) is 11.4 Å². The Morgan fingerprint density at radius 1 is 0.604 bits per heavy atom. The fourth-order valence-corrected chi connectivity index (χ4v) is 5.23. The lowest BCUT2D eigenvalue weighted by Gasteiger charge is -2.28. The minimum atomic E-state index is -1.16. The molecule has 0 radical (unpaired) electrons. The highest BCUT2D eigenvalue weighted by molar-refractivity contribution is 6.63. The number of hydrogen-bond acceptors (Lipinski definition) is 15. The standard InChI is InChI=1S/C33H44N2O13/c36-15-21(40)5-9-34(10-6-22(41)16-37)19-1-3-25(27(44)13-19)29-31(46)30(33(48)32(29)47)26-4-2-20(14-28(26)45)35(11-7-23(42)17-38)12-8-24(43)18-39/h1-4,13-14,21-24,36-44,46H,5-12,15-18H2. The van der Waals surface area contributed by atoms with Crippen molar-refractivity contribution in [1.29, 1.82) is 0 Å². The smallest absolute Gasteiger partial charge is 0.238 e. The number of phenols is 1. The second kappa shape index (κ2) is 18.0. The summed E-state index contributed by atoms with van der Waals surface area (Å²) in [6.07, 6.45) is 0.239. The number of aliphatic hydroxyl groups excluding tert-OH is 9. The van der Waals surface area contributed by atoms with Crippen LogP contribution in [-0.4, -0.2) is 150 Å². The molecule has 1 aromatic rings. The van der Waals surface area contributed by atoms with Crippen molar-refractivity contribution in [1.82, 2.24) is 4.90 Å². The van der Waals surface area contributed by atoms with E-state index in [1.165, 1.54) is 30.4 Å². The molecule has 10 N–H and O–H groups in total. The highest BCUT2D eigenvalue weighted by Gasteiger charge is 2.41. The van der Waals surface area contributed by atoms with Gasteiger partial charge in [0.25, 0.3) is 0 Å². The Bertz CT molecular complexity index is 1420. The van der Waals surface area contributed by atoms with Crippen LogP contribution in [0.5, 0.6) is 5.75 Å². The van der Waals surface area contributed by atoms with E-state index in [2.05, 4.69) is 0 Å². The average molecular weight is 677 g/mol. The number of rotatable bonds is 19. The van der Waals surface area contributed by atoms with Crippen molar-refractivity contribution in [2.75, 3.05) is 57.5 Å². The third kappa shape index (κ3) is 9.58. The van der Waals surface area contributed by atoms with E-state index >= 15 is 0 Å². The maximum atomic E-state index is 13.3. The molecule has 2 aliphatic carbocycles. The second-order valence-electron chi connectivity index (χ2n) is 11.6. The van der Waals surface area contributed by atoms with Gasteiger partial charge in [-0.25, -0.2) is 0 Å². The van der Waals surface area contributed by atoms with Gasteiger partial charge in [-0.3, -0.25) is 14.4 Å². The summed E-state index contributed by atoms with van der Waals surface area (Å²) in [6.45, 7) is -1.22. The number of nitrogens with zero attached hydrogens (tertiary/aromatic N) is 2. The van der Waals surface area contributed by atoms with Gasteiger partial charge in [-0.2, -0.15) is 0 Å². The van der Waals surface area contributed by atoms with Crippen molar-refractivity contribution in [3.63, 3.8) is 0 Å². The summed E-state index contributed by atoms with van der Waals surface area (Å²) >= 11 is 0. The molecule has 0 heterocycles. The van der Waals surface area contributed by atoms with Crippen LogP contribution >= 0.6 is 0 Å². The quantitative estimate of drug-likeness (QED) is 0.0574. The number of Topliss-reactive ketones (excluding diaryl/α,β-unsaturated/α-hetero) is 2. The Hall–Kier alpha value is -3.93. The maximum absolute atomic E-state index is 13.3. The summed E-state index contributed by atoms with van der Waals surface area (Å²) in [5.74, 6) is -4.34. The molecule has 0 spiro atoms. The van der Waals surface area contributed by atoms with Crippen LogP contribution in [0.1, 0.15) is 31.2 Å². The molecule has 0 aliphatic heterocycles. The molecule has 15 nitrogen and oxygen atoms in total. The number of carbonyl (C=O) groups is 3. The molecular formula is C33H44N2O13. The van der Waals surface area contributed by atoms with Crippen LogP contribution in [0.3, 0.4) is 0 Å². The van der Waals surface area contributed by atoms with Gasteiger partial charge in [0.15, 0.2) is 5.78 Å². The molecule has 4 unspecified atom stereocenters. The predicted molar refractivity (Wildman–Crippen MR) is 172 cm³/mol. The van der Waals surface area contributed by atoms with Gasteiger partial charge in [0.2, 0.25) is 11.6 Å². The Morgan fingerprint density at radius 2 is 1.06 bits per heavy atom. The first-order valence-electron chi connectivity index (χ1n) is 15.6. The van der Waals surface area contributed by atoms with E-state index in [4.69, 9.17) is 0 Å². The van der Waals surface area contributed by atoms with Gasteiger partial charge < -0.3 is 60.9 Å².